The summed E-state index contributed by atoms with van der Waals surface area (Å²) in [7, 11) is 0. The second-order valence-corrected chi connectivity index (χ2v) is 3.71. The van der Waals surface area contributed by atoms with Gasteiger partial charge in [-0.3, -0.25) is 0 Å². The maximum Gasteiger partial charge on any atom is 0.0540 e. The Bertz CT molecular complexity index is 75.9. The zero-order valence-electron chi connectivity index (χ0n) is 8.06. The lowest BCUT2D eigenvalue weighted by atomic mass is 10.1. The molecule has 0 aromatic carbocycles. The highest BCUT2D eigenvalue weighted by atomic mass is 35.5. The molecule has 0 aliphatic heterocycles. The van der Waals surface area contributed by atoms with Gasteiger partial charge in [-0.25, -0.2) is 0 Å². The van der Waals surface area contributed by atoms with E-state index >= 15 is 0 Å². The van der Waals surface area contributed by atoms with Crippen LogP contribution in [0.25, 0.3) is 0 Å². The molecule has 0 radical (unpaired) electrons. The standard InChI is InChI=1S/C10H21ClO/c1-2-3-4-7-10(12)8-5-6-9-11/h10,12H,2-9H2,1H3. The van der Waals surface area contributed by atoms with Crippen LogP contribution in [0.3, 0.4) is 0 Å². The topological polar surface area (TPSA) is 20.2 Å². The Labute approximate surface area is 81.1 Å². The van der Waals surface area contributed by atoms with E-state index in [1.807, 2.05) is 0 Å². The quantitative estimate of drug-likeness (QED) is 0.462. The van der Waals surface area contributed by atoms with Gasteiger partial charge in [-0.05, 0) is 25.7 Å². The van der Waals surface area contributed by atoms with Crippen molar-refractivity contribution < 1.29 is 5.11 Å². The molecule has 0 saturated heterocycles. The molecule has 0 rings (SSSR count). The molecule has 0 spiro atoms. The first-order chi connectivity index (χ1) is 5.81. The lowest BCUT2D eigenvalue weighted by Crippen LogP contribution is -2.05. The Morgan fingerprint density at radius 2 is 1.67 bits per heavy atom. The van der Waals surface area contributed by atoms with Crippen molar-refractivity contribution in [2.75, 3.05) is 5.88 Å². The van der Waals surface area contributed by atoms with Crippen molar-refractivity contribution in [2.45, 2.75) is 58.0 Å². The first-order valence-electron chi connectivity index (χ1n) is 5.05. The molecule has 12 heavy (non-hydrogen) atoms. The minimum atomic E-state index is -0.0835. The Hall–Kier alpha value is 0.250. The van der Waals surface area contributed by atoms with Crippen molar-refractivity contribution >= 4 is 11.6 Å². The molecule has 0 bridgehead atoms. The summed E-state index contributed by atoms with van der Waals surface area (Å²) in [5.41, 5.74) is 0. The summed E-state index contributed by atoms with van der Waals surface area (Å²) in [6.07, 6.45) is 7.55. The molecule has 0 aliphatic carbocycles. The lowest BCUT2D eigenvalue weighted by Gasteiger charge is -2.08. The first-order valence-corrected chi connectivity index (χ1v) is 5.58. The van der Waals surface area contributed by atoms with E-state index in [4.69, 9.17) is 11.6 Å². The summed E-state index contributed by atoms with van der Waals surface area (Å²) < 4.78 is 0. The van der Waals surface area contributed by atoms with Crippen molar-refractivity contribution in [1.82, 2.24) is 0 Å². The fraction of sp³-hybridized carbons (Fsp3) is 1.00. The van der Waals surface area contributed by atoms with Crippen LogP contribution < -0.4 is 0 Å². The molecule has 0 aromatic heterocycles. The van der Waals surface area contributed by atoms with Crippen molar-refractivity contribution in [3.05, 3.63) is 0 Å². The predicted molar refractivity (Wildman–Crippen MR) is 54.7 cm³/mol. The fourth-order valence-electron chi connectivity index (χ4n) is 1.25. The summed E-state index contributed by atoms with van der Waals surface area (Å²) in [5, 5.41) is 9.46. The molecular weight excluding hydrogens is 172 g/mol. The summed E-state index contributed by atoms with van der Waals surface area (Å²) in [4.78, 5) is 0. The van der Waals surface area contributed by atoms with Crippen LogP contribution in [0.4, 0.5) is 0 Å². The second kappa shape index (κ2) is 9.34. The number of halogens is 1. The van der Waals surface area contributed by atoms with Crippen molar-refractivity contribution in [3.63, 3.8) is 0 Å². The third-order valence-electron chi connectivity index (χ3n) is 2.06. The van der Waals surface area contributed by atoms with Crippen LogP contribution in [0.5, 0.6) is 0 Å². The molecule has 0 fully saturated rings. The fourth-order valence-corrected chi connectivity index (χ4v) is 1.44. The number of hydrogen-bond acceptors (Lipinski definition) is 1. The molecule has 0 aromatic rings. The van der Waals surface area contributed by atoms with E-state index in [0.29, 0.717) is 0 Å². The molecule has 1 N–H and O–H groups in total. The summed E-state index contributed by atoms with van der Waals surface area (Å²) >= 11 is 5.53. The normalized spacial score (nSPS) is 13.2. The van der Waals surface area contributed by atoms with Gasteiger partial charge in [0, 0.05) is 5.88 Å². The van der Waals surface area contributed by atoms with Gasteiger partial charge < -0.3 is 5.11 Å². The Morgan fingerprint density at radius 3 is 2.17 bits per heavy atom. The van der Waals surface area contributed by atoms with Crippen LogP contribution in [-0.4, -0.2) is 17.1 Å². The number of alkyl halides is 1. The summed E-state index contributed by atoms with van der Waals surface area (Å²) in [5.74, 6) is 0.724. The number of unbranched alkanes of at least 4 members (excludes halogenated alkanes) is 3. The highest BCUT2D eigenvalue weighted by molar-refractivity contribution is 6.17. The molecule has 2 heteroatoms. The first kappa shape index (κ1) is 12.2. The smallest absolute Gasteiger partial charge is 0.0540 e. The van der Waals surface area contributed by atoms with Crippen LogP contribution in [0.2, 0.25) is 0 Å². The van der Waals surface area contributed by atoms with E-state index in [1.54, 1.807) is 0 Å². The van der Waals surface area contributed by atoms with Crippen LogP contribution in [0.1, 0.15) is 51.9 Å². The molecule has 0 amide bonds. The molecule has 0 heterocycles. The molecular formula is C10H21ClO. The van der Waals surface area contributed by atoms with Crippen molar-refractivity contribution in [2.24, 2.45) is 0 Å². The third kappa shape index (κ3) is 8.35. The van der Waals surface area contributed by atoms with Crippen LogP contribution in [-0.2, 0) is 0 Å². The zero-order valence-corrected chi connectivity index (χ0v) is 8.82. The maximum absolute atomic E-state index is 9.46. The average molecular weight is 193 g/mol. The van der Waals surface area contributed by atoms with Gasteiger partial charge in [0.1, 0.15) is 0 Å². The van der Waals surface area contributed by atoms with Gasteiger partial charge in [-0.2, -0.15) is 0 Å². The van der Waals surface area contributed by atoms with Crippen LogP contribution in [0, 0.1) is 0 Å². The minimum absolute atomic E-state index is 0.0835. The van der Waals surface area contributed by atoms with Crippen molar-refractivity contribution in [1.29, 1.82) is 0 Å². The van der Waals surface area contributed by atoms with Gasteiger partial charge in [-0.1, -0.05) is 26.2 Å². The van der Waals surface area contributed by atoms with Gasteiger partial charge >= 0.3 is 0 Å². The SMILES string of the molecule is CCCCCC(O)CCCCCl. The highest BCUT2D eigenvalue weighted by Crippen LogP contribution is 2.09. The molecule has 1 nitrogen and oxygen atoms in total. The lowest BCUT2D eigenvalue weighted by molar-refractivity contribution is 0.148. The number of hydrogen-bond donors (Lipinski definition) is 1. The number of aliphatic hydroxyl groups excluding tert-OH is 1. The van der Waals surface area contributed by atoms with E-state index < -0.39 is 0 Å². The average Bonchev–Trinajstić information content (AvgIpc) is 2.06. The van der Waals surface area contributed by atoms with Crippen LogP contribution >= 0.6 is 11.6 Å². The molecule has 0 aliphatic rings. The number of rotatable bonds is 8. The van der Waals surface area contributed by atoms with E-state index in [-0.39, 0.29) is 6.10 Å². The summed E-state index contributed by atoms with van der Waals surface area (Å²) in [6.45, 7) is 2.18. The Kier molecular flexibility index (Phi) is 9.53. The van der Waals surface area contributed by atoms with Gasteiger partial charge in [0.2, 0.25) is 0 Å². The van der Waals surface area contributed by atoms with E-state index in [0.717, 1.165) is 31.6 Å². The highest BCUT2D eigenvalue weighted by Gasteiger charge is 2.02. The molecule has 1 atom stereocenters. The monoisotopic (exact) mass is 192 g/mol. The molecule has 0 saturated carbocycles. The Morgan fingerprint density at radius 1 is 1.08 bits per heavy atom. The molecule has 74 valence electrons. The number of aliphatic hydroxyl groups is 1. The van der Waals surface area contributed by atoms with Gasteiger partial charge in [-0.15, -0.1) is 11.6 Å². The van der Waals surface area contributed by atoms with E-state index in [9.17, 15) is 5.11 Å². The van der Waals surface area contributed by atoms with Gasteiger partial charge in [0.15, 0.2) is 0 Å². The third-order valence-corrected chi connectivity index (χ3v) is 2.33. The van der Waals surface area contributed by atoms with E-state index in [1.165, 1.54) is 19.3 Å². The van der Waals surface area contributed by atoms with Crippen LogP contribution in [0.15, 0.2) is 0 Å². The van der Waals surface area contributed by atoms with E-state index in [2.05, 4.69) is 6.92 Å². The second-order valence-electron chi connectivity index (χ2n) is 3.33. The predicted octanol–water partition coefficient (Wildman–Crippen LogP) is 3.34. The van der Waals surface area contributed by atoms with Gasteiger partial charge in [0.05, 0.1) is 6.10 Å². The zero-order chi connectivity index (χ0) is 9.23. The molecule has 1 unspecified atom stereocenters. The minimum Gasteiger partial charge on any atom is -0.393 e. The Balaban J connectivity index is 3.04. The largest absolute Gasteiger partial charge is 0.393 e. The maximum atomic E-state index is 9.46. The van der Waals surface area contributed by atoms with Crippen molar-refractivity contribution in [3.8, 4) is 0 Å². The van der Waals surface area contributed by atoms with Gasteiger partial charge in [0.25, 0.3) is 0 Å². The summed E-state index contributed by atoms with van der Waals surface area (Å²) in [6, 6.07) is 0.